The molecule has 0 bridgehead atoms. The van der Waals surface area contributed by atoms with Gasteiger partial charge in [0.25, 0.3) is 5.91 Å². The number of carbonyl (C=O) groups excluding carboxylic acids is 1. The van der Waals surface area contributed by atoms with E-state index in [0.717, 1.165) is 17.9 Å². The maximum Gasteiger partial charge on any atom is 0.257 e. The molecule has 0 fully saturated rings. The second-order valence-electron chi connectivity index (χ2n) is 7.60. The number of anilines is 1. The zero-order chi connectivity index (χ0) is 20.0. The average Bonchev–Trinajstić information content (AvgIpc) is 2.62. The summed E-state index contributed by atoms with van der Waals surface area (Å²) in [6, 6.07) is 15.1. The molecule has 0 saturated heterocycles. The van der Waals surface area contributed by atoms with Gasteiger partial charge in [-0.1, -0.05) is 39.8 Å². The van der Waals surface area contributed by atoms with Gasteiger partial charge in [-0.15, -0.1) is 0 Å². The summed E-state index contributed by atoms with van der Waals surface area (Å²) in [4.78, 5) is 12.4. The fourth-order valence-corrected chi connectivity index (χ4v) is 2.60. The lowest BCUT2D eigenvalue weighted by atomic mass is 9.87. The molecule has 5 heteroatoms. The minimum atomic E-state index is -0.232. The molecule has 0 saturated carbocycles. The van der Waals surface area contributed by atoms with Crippen LogP contribution >= 0.6 is 12.2 Å². The third kappa shape index (κ3) is 6.36. The molecular formula is C22H28N2O2S. The number of rotatable bonds is 5. The molecule has 2 aromatic carbocycles. The van der Waals surface area contributed by atoms with Gasteiger partial charge in [0, 0.05) is 11.3 Å². The van der Waals surface area contributed by atoms with Crippen molar-refractivity contribution in [2.45, 2.75) is 52.6 Å². The number of hydrogen-bond donors (Lipinski definition) is 2. The molecule has 1 amide bonds. The van der Waals surface area contributed by atoms with Crippen LogP contribution in [0.5, 0.6) is 5.75 Å². The van der Waals surface area contributed by atoms with E-state index in [0.29, 0.717) is 5.56 Å². The molecule has 0 heterocycles. The summed E-state index contributed by atoms with van der Waals surface area (Å²) in [5, 5.41) is 5.99. The summed E-state index contributed by atoms with van der Waals surface area (Å²) in [6.45, 7) is 10.5. The molecule has 2 N–H and O–H groups in total. The Labute approximate surface area is 167 Å². The Hall–Kier alpha value is -2.40. The van der Waals surface area contributed by atoms with E-state index in [4.69, 9.17) is 17.0 Å². The summed E-state index contributed by atoms with van der Waals surface area (Å²) >= 11 is 5.24. The summed E-state index contributed by atoms with van der Waals surface area (Å²) in [5.74, 6) is 0.577. The molecule has 0 aromatic heterocycles. The van der Waals surface area contributed by atoms with E-state index in [1.54, 1.807) is 0 Å². The topological polar surface area (TPSA) is 50.4 Å². The van der Waals surface area contributed by atoms with Crippen molar-refractivity contribution < 1.29 is 9.53 Å². The van der Waals surface area contributed by atoms with Crippen LogP contribution in [0.3, 0.4) is 0 Å². The molecule has 2 aromatic rings. The zero-order valence-electron chi connectivity index (χ0n) is 16.6. The fraction of sp³-hybridized carbons (Fsp3) is 0.364. The monoisotopic (exact) mass is 384 g/mol. The second-order valence-corrected chi connectivity index (χ2v) is 8.00. The standard InChI is InChI=1S/C22H28N2O2S/c1-6-15(2)26-19-13-11-18(12-14-19)23-21(27)24-20(25)16-7-9-17(10-8-16)22(3,4)5/h7-15H,6H2,1-5H3,(H2,23,24,25,27). The van der Waals surface area contributed by atoms with E-state index in [-0.39, 0.29) is 22.5 Å². The number of thiocarbonyl (C=S) groups is 1. The Morgan fingerprint density at radius 1 is 1.07 bits per heavy atom. The summed E-state index contributed by atoms with van der Waals surface area (Å²) in [6.07, 6.45) is 1.13. The second kappa shape index (κ2) is 9.00. The molecule has 144 valence electrons. The third-order valence-corrected chi connectivity index (χ3v) is 4.47. The normalized spacial score (nSPS) is 12.2. The largest absolute Gasteiger partial charge is 0.491 e. The van der Waals surface area contributed by atoms with E-state index in [1.165, 1.54) is 5.56 Å². The molecule has 0 aliphatic rings. The van der Waals surface area contributed by atoms with Crippen molar-refractivity contribution in [1.29, 1.82) is 0 Å². The number of amides is 1. The van der Waals surface area contributed by atoms with Crippen LogP contribution in [0.15, 0.2) is 48.5 Å². The van der Waals surface area contributed by atoms with Crippen molar-refractivity contribution in [2.24, 2.45) is 0 Å². The Bertz CT molecular complexity index is 777. The van der Waals surface area contributed by atoms with Gasteiger partial charge in [-0.2, -0.15) is 0 Å². The quantitative estimate of drug-likeness (QED) is 0.688. The minimum absolute atomic E-state index is 0.0522. The first kappa shape index (κ1) is 20.9. The maximum absolute atomic E-state index is 12.4. The predicted molar refractivity (Wildman–Crippen MR) is 116 cm³/mol. The van der Waals surface area contributed by atoms with E-state index in [9.17, 15) is 4.79 Å². The Balaban J connectivity index is 1.92. The highest BCUT2D eigenvalue weighted by molar-refractivity contribution is 7.80. The lowest BCUT2D eigenvalue weighted by Crippen LogP contribution is -2.34. The summed E-state index contributed by atoms with van der Waals surface area (Å²) in [7, 11) is 0. The van der Waals surface area contributed by atoms with Crippen molar-refractivity contribution >= 4 is 28.9 Å². The van der Waals surface area contributed by atoms with Crippen LogP contribution in [-0.2, 0) is 5.41 Å². The third-order valence-electron chi connectivity index (χ3n) is 4.26. The molecule has 0 radical (unpaired) electrons. The van der Waals surface area contributed by atoms with E-state index in [1.807, 2.05) is 55.5 Å². The van der Waals surface area contributed by atoms with Crippen molar-refractivity contribution in [3.05, 3.63) is 59.7 Å². The molecule has 4 nitrogen and oxygen atoms in total. The number of hydrogen-bond acceptors (Lipinski definition) is 3. The molecular weight excluding hydrogens is 356 g/mol. The highest BCUT2D eigenvalue weighted by atomic mass is 32.1. The van der Waals surface area contributed by atoms with Crippen molar-refractivity contribution in [1.82, 2.24) is 5.32 Å². The fourth-order valence-electron chi connectivity index (χ4n) is 2.39. The van der Waals surface area contributed by atoms with Gasteiger partial charge in [0.05, 0.1) is 6.10 Å². The molecule has 1 unspecified atom stereocenters. The van der Waals surface area contributed by atoms with Gasteiger partial charge >= 0.3 is 0 Å². The molecule has 27 heavy (non-hydrogen) atoms. The summed E-state index contributed by atoms with van der Waals surface area (Å²) < 4.78 is 5.75. The van der Waals surface area contributed by atoms with Crippen molar-refractivity contribution in [3.63, 3.8) is 0 Å². The molecule has 0 spiro atoms. The van der Waals surface area contributed by atoms with E-state index < -0.39 is 0 Å². The van der Waals surface area contributed by atoms with Gasteiger partial charge in [0.2, 0.25) is 0 Å². The number of ether oxygens (including phenoxy) is 1. The van der Waals surface area contributed by atoms with Crippen LogP contribution in [0, 0.1) is 0 Å². The van der Waals surface area contributed by atoms with Gasteiger partial charge in [-0.25, -0.2) is 0 Å². The highest BCUT2D eigenvalue weighted by Crippen LogP contribution is 2.22. The van der Waals surface area contributed by atoms with Crippen molar-refractivity contribution in [2.75, 3.05) is 5.32 Å². The van der Waals surface area contributed by atoms with Crippen LogP contribution < -0.4 is 15.4 Å². The molecule has 0 aliphatic heterocycles. The van der Waals surface area contributed by atoms with E-state index in [2.05, 4.69) is 38.3 Å². The van der Waals surface area contributed by atoms with Gasteiger partial charge < -0.3 is 10.1 Å². The van der Waals surface area contributed by atoms with Crippen LogP contribution in [0.2, 0.25) is 0 Å². The number of nitrogens with one attached hydrogen (secondary N) is 2. The van der Waals surface area contributed by atoms with Gasteiger partial charge in [-0.3, -0.25) is 10.1 Å². The lowest BCUT2D eigenvalue weighted by Gasteiger charge is -2.19. The Kier molecular flexibility index (Phi) is 6.97. The van der Waals surface area contributed by atoms with Gasteiger partial charge in [-0.05, 0) is 72.9 Å². The minimum Gasteiger partial charge on any atom is -0.491 e. The molecule has 1 atom stereocenters. The first-order valence-corrected chi connectivity index (χ1v) is 9.59. The zero-order valence-corrected chi connectivity index (χ0v) is 17.4. The Morgan fingerprint density at radius 2 is 1.67 bits per heavy atom. The van der Waals surface area contributed by atoms with Gasteiger partial charge in [0.15, 0.2) is 5.11 Å². The highest BCUT2D eigenvalue weighted by Gasteiger charge is 2.14. The average molecular weight is 385 g/mol. The van der Waals surface area contributed by atoms with Crippen LogP contribution in [-0.4, -0.2) is 17.1 Å². The molecule has 0 aliphatic carbocycles. The van der Waals surface area contributed by atoms with Crippen LogP contribution in [0.1, 0.15) is 57.0 Å². The maximum atomic E-state index is 12.4. The first-order chi connectivity index (χ1) is 12.7. The predicted octanol–water partition coefficient (Wildman–Crippen LogP) is 5.29. The number of carbonyl (C=O) groups is 1. The smallest absolute Gasteiger partial charge is 0.257 e. The Morgan fingerprint density at radius 3 is 2.19 bits per heavy atom. The SMILES string of the molecule is CCC(C)Oc1ccc(NC(=S)NC(=O)c2ccc(C(C)(C)C)cc2)cc1. The lowest BCUT2D eigenvalue weighted by molar-refractivity contribution is 0.0977. The van der Waals surface area contributed by atoms with Gasteiger partial charge in [0.1, 0.15) is 5.75 Å². The van der Waals surface area contributed by atoms with Crippen LogP contribution in [0.4, 0.5) is 5.69 Å². The first-order valence-electron chi connectivity index (χ1n) is 9.18. The van der Waals surface area contributed by atoms with E-state index >= 15 is 0 Å². The molecule has 2 rings (SSSR count). The van der Waals surface area contributed by atoms with Crippen LogP contribution in [0.25, 0.3) is 0 Å². The number of benzene rings is 2. The van der Waals surface area contributed by atoms with Crippen molar-refractivity contribution in [3.8, 4) is 5.75 Å². The summed E-state index contributed by atoms with van der Waals surface area (Å²) in [5.41, 5.74) is 2.60.